The molecular formula is C20H15N3. The van der Waals surface area contributed by atoms with Crippen LogP contribution >= 0.6 is 0 Å². The SMILES string of the molecule is CN1C=C(c2ccc3ccccc3n2)[C@@H](C#N)c2ccccc21. The Morgan fingerprint density at radius 1 is 1.00 bits per heavy atom. The summed E-state index contributed by atoms with van der Waals surface area (Å²) in [5.41, 5.74) is 4.86. The highest BCUT2D eigenvalue weighted by molar-refractivity contribution is 5.85. The summed E-state index contributed by atoms with van der Waals surface area (Å²) in [5, 5.41) is 10.8. The van der Waals surface area contributed by atoms with Crippen molar-refractivity contribution in [3.8, 4) is 6.07 Å². The fourth-order valence-electron chi connectivity index (χ4n) is 3.15. The smallest absolute Gasteiger partial charge is 0.102 e. The van der Waals surface area contributed by atoms with Crippen molar-refractivity contribution in [2.75, 3.05) is 11.9 Å². The summed E-state index contributed by atoms with van der Waals surface area (Å²) in [6.45, 7) is 0. The number of hydrogen-bond acceptors (Lipinski definition) is 3. The van der Waals surface area contributed by atoms with Gasteiger partial charge < -0.3 is 4.90 Å². The number of allylic oxidation sites excluding steroid dienone is 1. The molecule has 0 saturated heterocycles. The molecule has 23 heavy (non-hydrogen) atoms. The van der Waals surface area contributed by atoms with Gasteiger partial charge in [-0.05, 0) is 23.8 Å². The Balaban J connectivity index is 1.88. The van der Waals surface area contributed by atoms with Gasteiger partial charge >= 0.3 is 0 Å². The van der Waals surface area contributed by atoms with Gasteiger partial charge in [-0.25, -0.2) is 4.98 Å². The summed E-state index contributed by atoms with van der Waals surface area (Å²) in [6.07, 6.45) is 2.02. The largest absolute Gasteiger partial charge is 0.350 e. The monoisotopic (exact) mass is 297 g/mol. The lowest BCUT2D eigenvalue weighted by atomic mass is 9.86. The fourth-order valence-corrected chi connectivity index (χ4v) is 3.15. The second-order valence-electron chi connectivity index (χ2n) is 5.71. The third-order valence-corrected chi connectivity index (χ3v) is 4.29. The highest BCUT2D eigenvalue weighted by Gasteiger charge is 2.27. The van der Waals surface area contributed by atoms with Crippen molar-refractivity contribution >= 4 is 22.2 Å². The molecule has 0 amide bonds. The van der Waals surface area contributed by atoms with E-state index in [2.05, 4.69) is 17.0 Å². The zero-order valence-electron chi connectivity index (χ0n) is 12.8. The van der Waals surface area contributed by atoms with Crippen LogP contribution < -0.4 is 4.90 Å². The molecular weight excluding hydrogens is 282 g/mol. The zero-order chi connectivity index (χ0) is 15.8. The van der Waals surface area contributed by atoms with E-state index in [0.29, 0.717) is 0 Å². The first-order valence-corrected chi connectivity index (χ1v) is 7.57. The maximum atomic E-state index is 9.73. The zero-order valence-corrected chi connectivity index (χ0v) is 12.8. The van der Waals surface area contributed by atoms with Crippen molar-refractivity contribution < 1.29 is 0 Å². The molecule has 1 aliphatic heterocycles. The lowest BCUT2D eigenvalue weighted by molar-refractivity contribution is 1.02. The van der Waals surface area contributed by atoms with E-state index in [1.54, 1.807) is 0 Å². The van der Waals surface area contributed by atoms with E-state index in [9.17, 15) is 5.26 Å². The van der Waals surface area contributed by atoms with Crippen LogP contribution in [0.2, 0.25) is 0 Å². The molecule has 0 saturated carbocycles. The van der Waals surface area contributed by atoms with Gasteiger partial charge in [-0.15, -0.1) is 0 Å². The van der Waals surface area contributed by atoms with Gasteiger partial charge in [-0.1, -0.05) is 42.5 Å². The molecule has 2 aromatic carbocycles. The molecule has 0 fully saturated rings. The van der Waals surface area contributed by atoms with Crippen molar-refractivity contribution in [3.63, 3.8) is 0 Å². The molecule has 3 aromatic rings. The molecule has 1 aromatic heterocycles. The van der Waals surface area contributed by atoms with Crippen LogP contribution in [0, 0.1) is 11.3 Å². The predicted octanol–water partition coefficient (Wildman–Crippen LogP) is 4.33. The molecule has 3 heteroatoms. The first-order chi connectivity index (χ1) is 11.3. The number of anilines is 1. The Morgan fingerprint density at radius 2 is 1.78 bits per heavy atom. The number of hydrogen-bond donors (Lipinski definition) is 0. The molecule has 0 aliphatic carbocycles. The maximum absolute atomic E-state index is 9.73. The lowest BCUT2D eigenvalue weighted by Gasteiger charge is -2.29. The molecule has 0 bridgehead atoms. The Kier molecular flexibility index (Phi) is 3.09. The minimum absolute atomic E-state index is 0.295. The van der Waals surface area contributed by atoms with Gasteiger partial charge in [0, 0.05) is 29.9 Å². The van der Waals surface area contributed by atoms with Crippen LogP contribution in [0.15, 0.2) is 66.9 Å². The van der Waals surface area contributed by atoms with E-state index in [1.807, 2.05) is 67.8 Å². The van der Waals surface area contributed by atoms with Gasteiger partial charge in [-0.3, -0.25) is 0 Å². The predicted molar refractivity (Wildman–Crippen MR) is 92.9 cm³/mol. The van der Waals surface area contributed by atoms with Gasteiger partial charge in [0.2, 0.25) is 0 Å². The number of nitriles is 1. The van der Waals surface area contributed by atoms with Gasteiger partial charge in [0.25, 0.3) is 0 Å². The lowest BCUT2D eigenvalue weighted by Crippen LogP contribution is -2.19. The van der Waals surface area contributed by atoms with E-state index in [-0.39, 0.29) is 5.92 Å². The molecule has 0 radical (unpaired) electrons. The molecule has 1 aliphatic rings. The van der Waals surface area contributed by atoms with Crippen molar-refractivity contribution in [1.82, 2.24) is 4.98 Å². The number of fused-ring (bicyclic) bond motifs is 2. The number of aromatic nitrogens is 1. The molecule has 0 unspecified atom stereocenters. The topological polar surface area (TPSA) is 39.9 Å². The minimum Gasteiger partial charge on any atom is -0.350 e. The number of benzene rings is 2. The fraction of sp³-hybridized carbons (Fsp3) is 0.100. The third kappa shape index (κ3) is 2.16. The summed E-state index contributed by atoms with van der Waals surface area (Å²) in [5.74, 6) is -0.295. The highest BCUT2D eigenvalue weighted by Crippen LogP contribution is 2.40. The van der Waals surface area contributed by atoms with Gasteiger partial charge in [0.05, 0.1) is 17.3 Å². The average Bonchev–Trinajstić information content (AvgIpc) is 2.61. The minimum atomic E-state index is -0.295. The van der Waals surface area contributed by atoms with Crippen LogP contribution in [0.3, 0.4) is 0 Å². The van der Waals surface area contributed by atoms with Crippen molar-refractivity contribution in [2.45, 2.75) is 5.92 Å². The summed E-state index contributed by atoms with van der Waals surface area (Å²) in [7, 11) is 2.01. The van der Waals surface area contributed by atoms with Crippen LogP contribution in [-0.2, 0) is 0 Å². The van der Waals surface area contributed by atoms with Gasteiger partial charge in [-0.2, -0.15) is 5.26 Å². The summed E-state index contributed by atoms with van der Waals surface area (Å²) in [6, 6.07) is 22.6. The van der Waals surface area contributed by atoms with E-state index < -0.39 is 0 Å². The third-order valence-electron chi connectivity index (χ3n) is 4.29. The molecule has 0 N–H and O–H groups in total. The summed E-state index contributed by atoms with van der Waals surface area (Å²) in [4.78, 5) is 6.82. The average molecular weight is 297 g/mol. The van der Waals surface area contributed by atoms with Crippen LogP contribution in [0.1, 0.15) is 17.2 Å². The Hall–Kier alpha value is -3.12. The van der Waals surface area contributed by atoms with E-state index in [1.165, 1.54) is 0 Å². The van der Waals surface area contributed by atoms with E-state index in [0.717, 1.165) is 33.4 Å². The van der Waals surface area contributed by atoms with Gasteiger partial charge in [0.1, 0.15) is 5.92 Å². The first kappa shape index (κ1) is 13.5. The molecule has 110 valence electrons. The molecule has 1 atom stereocenters. The van der Waals surface area contributed by atoms with Crippen LogP contribution in [0.25, 0.3) is 16.5 Å². The summed E-state index contributed by atoms with van der Waals surface area (Å²) < 4.78 is 0. The Morgan fingerprint density at radius 3 is 2.65 bits per heavy atom. The van der Waals surface area contributed by atoms with Crippen LogP contribution in [0.5, 0.6) is 0 Å². The quantitative estimate of drug-likeness (QED) is 0.671. The number of pyridine rings is 1. The standard InChI is InChI=1S/C20H15N3/c1-23-13-17(16(12-21)15-7-3-5-9-20(15)23)19-11-10-14-6-2-4-8-18(14)22-19/h2-11,13,16H,1H3/t16-/m0/s1. The normalized spacial score (nSPS) is 16.6. The first-order valence-electron chi connectivity index (χ1n) is 7.57. The van der Waals surface area contributed by atoms with Gasteiger partial charge in [0.15, 0.2) is 0 Å². The Bertz CT molecular complexity index is 966. The number of para-hydroxylation sites is 2. The van der Waals surface area contributed by atoms with Crippen LogP contribution in [-0.4, -0.2) is 12.0 Å². The van der Waals surface area contributed by atoms with E-state index in [4.69, 9.17) is 4.98 Å². The molecule has 2 heterocycles. The molecule has 3 nitrogen and oxygen atoms in total. The maximum Gasteiger partial charge on any atom is 0.102 e. The van der Waals surface area contributed by atoms with E-state index >= 15 is 0 Å². The van der Waals surface area contributed by atoms with Crippen molar-refractivity contribution in [1.29, 1.82) is 5.26 Å². The van der Waals surface area contributed by atoms with Crippen LogP contribution in [0.4, 0.5) is 5.69 Å². The number of nitrogens with zero attached hydrogens (tertiary/aromatic N) is 3. The Labute approximate surface area is 135 Å². The van der Waals surface area contributed by atoms with Crippen molar-refractivity contribution in [3.05, 3.63) is 78.1 Å². The second kappa shape index (κ2) is 5.26. The second-order valence-corrected chi connectivity index (χ2v) is 5.71. The number of rotatable bonds is 1. The molecule has 0 spiro atoms. The summed E-state index contributed by atoms with van der Waals surface area (Å²) >= 11 is 0. The molecule has 4 rings (SSSR count). The van der Waals surface area contributed by atoms with Crippen molar-refractivity contribution in [2.24, 2.45) is 0 Å². The highest BCUT2D eigenvalue weighted by atomic mass is 15.1.